The number of rotatable bonds is 4. The van der Waals surface area contributed by atoms with Gasteiger partial charge in [0.2, 0.25) is 11.8 Å². The second kappa shape index (κ2) is 6.52. The number of halogens is 1. The fourth-order valence-electron chi connectivity index (χ4n) is 2.41. The number of nitrogens with one attached hydrogen (secondary N) is 2. The number of hydrogen-bond acceptors (Lipinski definition) is 4. The molecular formula is C16H13ClN2O3S. The standard InChI is InChI=1S/C16H13ClN2O3S/c17-13-6-5-12(23-13)16(22)18-11-3-1-9(2-4-11)7-10-8-14(20)19-15(10)21/h1-6,10H,7-8H2,(H,18,22)(H,19,20,21)/t10-/m1/s1. The molecule has 1 aliphatic heterocycles. The first-order valence-corrected chi connectivity index (χ1v) is 8.20. The van der Waals surface area contributed by atoms with Gasteiger partial charge in [-0.15, -0.1) is 11.3 Å². The molecule has 3 rings (SSSR count). The van der Waals surface area contributed by atoms with E-state index in [2.05, 4.69) is 10.6 Å². The fraction of sp³-hybridized carbons (Fsp3) is 0.188. The van der Waals surface area contributed by atoms with Crippen LogP contribution in [0.2, 0.25) is 4.34 Å². The molecule has 118 valence electrons. The maximum absolute atomic E-state index is 12.0. The fourth-order valence-corrected chi connectivity index (χ4v) is 3.35. The Hall–Kier alpha value is -2.18. The molecule has 0 radical (unpaired) electrons. The molecule has 0 unspecified atom stereocenters. The third-order valence-corrected chi connectivity index (χ3v) is 4.79. The van der Waals surface area contributed by atoms with Crippen LogP contribution in [0.1, 0.15) is 21.7 Å². The van der Waals surface area contributed by atoms with Crippen LogP contribution in [0.15, 0.2) is 36.4 Å². The van der Waals surface area contributed by atoms with Gasteiger partial charge in [0, 0.05) is 12.1 Å². The topological polar surface area (TPSA) is 75.3 Å². The van der Waals surface area contributed by atoms with Gasteiger partial charge in [0.15, 0.2) is 0 Å². The van der Waals surface area contributed by atoms with Gasteiger partial charge in [0.1, 0.15) is 0 Å². The Morgan fingerprint density at radius 1 is 1.22 bits per heavy atom. The van der Waals surface area contributed by atoms with Crippen molar-refractivity contribution in [1.29, 1.82) is 0 Å². The minimum atomic E-state index is -0.309. The predicted octanol–water partition coefficient (Wildman–Crippen LogP) is 2.86. The summed E-state index contributed by atoms with van der Waals surface area (Å²) >= 11 is 7.03. The lowest BCUT2D eigenvalue weighted by atomic mass is 9.98. The van der Waals surface area contributed by atoms with E-state index in [1.807, 2.05) is 12.1 Å². The van der Waals surface area contributed by atoms with E-state index in [-0.39, 0.29) is 30.1 Å². The molecule has 0 aliphatic carbocycles. The highest BCUT2D eigenvalue weighted by atomic mass is 35.5. The maximum atomic E-state index is 12.0. The molecule has 1 aromatic carbocycles. The third kappa shape index (κ3) is 3.78. The highest BCUT2D eigenvalue weighted by Crippen LogP contribution is 2.23. The van der Waals surface area contributed by atoms with Crippen LogP contribution in [0.25, 0.3) is 0 Å². The maximum Gasteiger partial charge on any atom is 0.265 e. The molecular weight excluding hydrogens is 336 g/mol. The molecule has 0 saturated carbocycles. The number of carbonyl (C=O) groups is 3. The quantitative estimate of drug-likeness (QED) is 0.834. The summed E-state index contributed by atoms with van der Waals surface area (Å²) in [5, 5.41) is 5.09. The average molecular weight is 349 g/mol. The van der Waals surface area contributed by atoms with Gasteiger partial charge in [-0.2, -0.15) is 0 Å². The van der Waals surface area contributed by atoms with Crippen LogP contribution in [0, 0.1) is 5.92 Å². The van der Waals surface area contributed by atoms with Gasteiger partial charge in [0.25, 0.3) is 5.91 Å². The van der Waals surface area contributed by atoms with Crippen LogP contribution in [0.5, 0.6) is 0 Å². The summed E-state index contributed by atoms with van der Waals surface area (Å²) < 4.78 is 0.565. The van der Waals surface area contributed by atoms with Gasteiger partial charge in [-0.3, -0.25) is 19.7 Å². The lowest BCUT2D eigenvalue weighted by molar-refractivity contribution is -0.125. The van der Waals surface area contributed by atoms with Crippen LogP contribution in [0.3, 0.4) is 0 Å². The summed E-state index contributed by atoms with van der Waals surface area (Å²) in [5.74, 6) is -0.966. The molecule has 7 heteroatoms. The number of thiophene rings is 1. The zero-order valence-corrected chi connectivity index (χ0v) is 13.5. The molecule has 0 spiro atoms. The summed E-state index contributed by atoms with van der Waals surface area (Å²) in [7, 11) is 0. The second-order valence-corrected chi connectivity index (χ2v) is 6.99. The van der Waals surface area contributed by atoms with Gasteiger partial charge in [-0.1, -0.05) is 23.7 Å². The molecule has 1 aliphatic rings. The van der Waals surface area contributed by atoms with Gasteiger partial charge in [0.05, 0.1) is 15.1 Å². The van der Waals surface area contributed by atoms with Crippen LogP contribution in [-0.4, -0.2) is 17.7 Å². The number of benzene rings is 1. The Balaban J connectivity index is 1.62. The highest BCUT2D eigenvalue weighted by molar-refractivity contribution is 7.18. The van der Waals surface area contributed by atoms with E-state index in [9.17, 15) is 14.4 Å². The Morgan fingerprint density at radius 3 is 2.52 bits per heavy atom. The Kier molecular flexibility index (Phi) is 4.45. The zero-order chi connectivity index (χ0) is 16.4. The Morgan fingerprint density at radius 2 is 1.96 bits per heavy atom. The minimum Gasteiger partial charge on any atom is -0.321 e. The number of hydrogen-bond donors (Lipinski definition) is 2. The highest BCUT2D eigenvalue weighted by Gasteiger charge is 2.30. The lowest BCUT2D eigenvalue weighted by Gasteiger charge is -2.08. The summed E-state index contributed by atoms with van der Waals surface area (Å²) in [6.07, 6.45) is 0.739. The van der Waals surface area contributed by atoms with Crippen molar-refractivity contribution in [3.63, 3.8) is 0 Å². The third-order valence-electron chi connectivity index (χ3n) is 3.56. The summed E-state index contributed by atoms with van der Waals surface area (Å²) in [5.41, 5.74) is 1.60. The van der Waals surface area contributed by atoms with Crippen molar-refractivity contribution >= 4 is 46.3 Å². The van der Waals surface area contributed by atoms with Crippen LogP contribution < -0.4 is 10.6 Å². The molecule has 3 amide bonds. The summed E-state index contributed by atoms with van der Waals surface area (Å²) in [4.78, 5) is 35.3. The largest absolute Gasteiger partial charge is 0.321 e. The van der Waals surface area contributed by atoms with E-state index in [1.165, 1.54) is 11.3 Å². The second-order valence-electron chi connectivity index (χ2n) is 5.27. The van der Waals surface area contributed by atoms with Crippen LogP contribution in [0.4, 0.5) is 5.69 Å². The molecule has 1 saturated heterocycles. The number of carbonyl (C=O) groups excluding carboxylic acids is 3. The molecule has 0 bridgehead atoms. The van der Waals surface area contributed by atoms with E-state index in [1.54, 1.807) is 24.3 Å². The SMILES string of the molecule is O=C1C[C@@H](Cc2ccc(NC(=O)c3ccc(Cl)s3)cc2)C(=O)N1. The van der Waals surface area contributed by atoms with E-state index in [0.717, 1.165) is 5.56 Å². The lowest BCUT2D eigenvalue weighted by Crippen LogP contribution is -2.22. The van der Waals surface area contributed by atoms with E-state index in [4.69, 9.17) is 11.6 Å². The number of amides is 3. The molecule has 2 aromatic rings. The smallest absolute Gasteiger partial charge is 0.265 e. The molecule has 5 nitrogen and oxygen atoms in total. The first-order valence-electron chi connectivity index (χ1n) is 7.00. The molecule has 1 atom stereocenters. The van der Waals surface area contributed by atoms with E-state index < -0.39 is 0 Å². The summed E-state index contributed by atoms with van der Waals surface area (Å²) in [6, 6.07) is 10.6. The van der Waals surface area contributed by atoms with Crippen molar-refractivity contribution in [3.8, 4) is 0 Å². The number of imide groups is 1. The summed E-state index contributed by atoms with van der Waals surface area (Å²) in [6.45, 7) is 0. The van der Waals surface area contributed by atoms with E-state index in [0.29, 0.717) is 21.3 Å². The van der Waals surface area contributed by atoms with Crippen molar-refractivity contribution in [2.24, 2.45) is 5.92 Å². The van der Waals surface area contributed by atoms with Crippen molar-refractivity contribution < 1.29 is 14.4 Å². The van der Waals surface area contributed by atoms with Gasteiger partial charge in [-0.25, -0.2) is 0 Å². The molecule has 2 heterocycles. The average Bonchev–Trinajstić information content (AvgIpc) is 3.07. The Bertz CT molecular complexity index is 770. The normalized spacial score (nSPS) is 17.2. The van der Waals surface area contributed by atoms with Gasteiger partial charge in [-0.05, 0) is 36.2 Å². The van der Waals surface area contributed by atoms with Crippen molar-refractivity contribution in [2.75, 3.05) is 5.32 Å². The molecule has 1 fully saturated rings. The zero-order valence-electron chi connectivity index (χ0n) is 12.0. The number of anilines is 1. The first-order chi connectivity index (χ1) is 11.0. The van der Waals surface area contributed by atoms with Crippen molar-refractivity contribution in [3.05, 3.63) is 51.2 Å². The van der Waals surface area contributed by atoms with Crippen molar-refractivity contribution in [2.45, 2.75) is 12.8 Å². The first kappa shape index (κ1) is 15.7. The van der Waals surface area contributed by atoms with Crippen LogP contribution in [-0.2, 0) is 16.0 Å². The van der Waals surface area contributed by atoms with E-state index >= 15 is 0 Å². The molecule has 1 aromatic heterocycles. The van der Waals surface area contributed by atoms with Gasteiger partial charge >= 0.3 is 0 Å². The molecule has 2 N–H and O–H groups in total. The molecule has 23 heavy (non-hydrogen) atoms. The van der Waals surface area contributed by atoms with Gasteiger partial charge < -0.3 is 5.32 Å². The minimum absolute atomic E-state index is 0.213. The van der Waals surface area contributed by atoms with Crippen LogP contribution >= 0.6 is 22.9 Å². The van der Waals surface area contributed by atoms with Crippen molar-refractivity contribution in [1.82, 2.24) is 5.32 Å². The Labute approximate surface area is 141 Å². The predicted molar refractivity (Wildman–Crippen MR) is 88.7 cm³/mol. The monoisotopic (exact) mass is 348 g/mol.